The van der Waals surface area contributed by atoms with Crippen LogP contribution in [0.15, 0.2) is 102 Å². The topological polar surface area (TPSA) is 97.4 Å². The van der Waals surface area contributed by atoms with Gasteiger partial charge in [-0.3, -0.25) is 9.52 Å². The molecular weight excluding hydrogens is 457 g/mol. The molecule has 0 aliphatic rings. The van der Waals surface area contributed by atoms with E-state index in [1.54, 1.807) is 42.6 Å². The number of carbonyl (C=O) groups is 1. The number of rotatable bonds is 8. The summed E-state index contributed by atoms with van der Waals surface area (Å²) < 4.78 is 46.5. The summed E-state index contributed by atoms with van der Waals surface area (Å²) >= 11 is 0. The number of nitrogens with zero attached hydrogens (tertiary/aromatic N) is 1. The maximum Gasteiger partial charge on any atom is 0.261 e. The summed E-state index contributed by atoms with van der Waals surface area (Å²) in [4.78, 5) is 16.5. The molecule has 0 bridgehead atoms. The number of amides is 1. The highest BCUT2D eigenvalue weighted by Gasteiger charge is 2.16. The standard InChI is InChI=1S/C25H20FN3O4S/c26-20-8-5-11-23(16-20)34(31,32)29-21-9-4-7-19(15-21)25(30)28-17-18-6-3-10-22(14-18)33-24-12-1-2-13-27-24/h1-16,29H,17H2,(H,28,30). The van der Waals surface area contributed by atoms with Crippen LogP contribution in [-0.4, -0.2) is 19.3 Å². The van der Waals surface area contributed by atoms with Gasteiger partial charge in [-0.2, -0.15) is 0 Å². The van der Waals surface area contributed by atoms with Gasteiger partial charge in [0.15, 0.2) is 0 Å². The molecule has 0 radical (unpaired) electrons. The second-order valence-corrected chi connectivity index (χ2v) is 8.93. The highest BCUT2D eigenvalue weighted by Crippen LogP contribution is 2.21. The Balaban J connectivity index is 1.41. The summed E-state index contributed by atoms with van der Waals surface area (Å²) in [6.07, 6.45) is 1.63. The maximum atomic E-state index is 13.4. The predicted molar refractivity (Wildman–Crippen MR) is 126 cm³/mol. The first-order chi connectivity index (χ1) is 16.4. The van der Waals surface area contributed by atoms with Crippen molar-refractivity contribution in [3.05, 3.63) is 114 Å². The third-order valence-electron chi connectivity index (χ3n) is 4.70. The largest absolute Gasteiger partial charge is 0.439 e. The van der Waals surface area contributed by atoms with Crippen LogP contribution in [0.5, 0.6) is 11.6 Å². The zero-order valence-electron chi connectivity index (χ0n) is 17.8. The quantitative estimate of drug-likeness (QED) is 0.382. The monoisotopic (exact) mass is 477 g/mol. The molecule has 172 valence electrons. The summed E-state index contributed by atoms with van der Waals surface area (Å²) in [6.45, 7) is 0.234. The Morgan fingerprint density at radius 3 is 2.53 bits per heavy atom. The van der Waals surface area contributed by atoms with Crippen LogP contribution in [0.1, 0.15) is 15.9 Å². The van der Waals surface area contributed by atoms with Crippen molar-refractivity contribution in [3.63, 3.8) is 0 Å². The van der Waals surface area contributed by atoms with Crippen LogP contribution in [0.25, 0.3) is 0 Å². The van der Waals surface area contributed by atoms with E-state index in [0.717, 1.165) is 17.7 Å². The highest BCUT2D eigenvalue weighted by molar-refractivity contribution is 7.92. The molecule has 0 spiro atoms. The average Bonchev–Trinajstić information content (AvgIpc) is 2.83. The molecule has 1 amide bonds. The van der Waals surface area contributed by atoms with Crippen LogP contribution < -0.4 is 14.8 Å². The first kappa shape index (κ1) is 22.9. The molecule has 4 rings (SSSR count). The van der Waals surface area contributed by atoms with Crippen molar-refractivity contribution in [2.75, 3.05) is 4.72 Å². The lowest BCUT2D eigenvalue weighted by atomic mass is 10.1. The predicted octanol–water partition coefficient (Wildman–Crippen LogP) is 4.74. The van der Waals surface area contributed by atoms with Gasteiger partial charge < -0.3 is 10.1 Å². The second-order valence-electron chi connectivity index (χ2n) is 7.24. The van der Waals surface area contributed by atoms with E-state index >= 15 is 0 Å². The lowest BCUT2D eigenvalue weighted by Crippen LogP contribution is -2.23. The summed E-state index contributed by atoms with van der Waals surface area (Å²) in [7, 11) is -4.00. The minimum atomic E-state index is -4.00. The molecule has 0 saturated carbocycles. The van der Waals surface area contributed by atoms with Crippen LogP contribution >= 0.6 is 0 Å². The molecule has 0 aliphatic carbocycles. The molecule has 1 heterocycles. The Hall–Kier alpha value is -4.24. The number of anilines is 1. The zero-order valence-corrected chi connectivity index (χ0v) is 18.6. The van der Waals surface area contributed by atoms with Gasteiger partial charge in [-0.1, -0.05) is 30.3 Å². The van der Waals surface area contributed by atoms with E-state index < -0.39 is 15.8 Å². The van der Waals surface area contributed by atoms with Crippen LogP contribution in [-0.2, 0) is 16.6 Å². The van der Waals surface area contributed by atoms with Gasteiger partial charge in [0.1, 0.15) is 11.6 Å². The van der Waals surface area contributed by atoms with E-state index in [0.29, 0.717) is 11.6 Å². The molecule has 0 unspecified atom stereocenters. The molecular formula is C25H20FN3O4S. The Morgan fingerprint density at radius 2 is 1.74 bits per heavy atom. The van der Waals surface area contributed by atoms with Gasteiger partial charge in [0.25, 0.3) is 15.9 Å². The van der Waals surface area contributed by atoms with Crippen molar-refractivity contribution in [2.45, 2.75) is 11.4 Å². The van der Waals surface area contributed by atoms with Crippen molar-refractivity contribution < 1.29 is 22.3 Å². The molecule has 0 atom stereocenters. The lowest BCUT2D eigenvalue weighted by Gasteiger charge is -2.11. The fourth-order valence-electron chi connectivity index (χ4n) is 3.10. The Bertz CT molecular complexity index is 1410. The number of sulfonamides is 1. The Labute approximate surface area is 196 Å². The fourth-order valence-corrected chi connectivity index (χ4v) is 4.18. The van der Waals surface area contributed by atoms with Gasteiger partial charge in [0.2, 0.25) is 5.88 Å². The minimum absolute atomic E-state index is 0.183. The third kappa shape index (κ3) is 5.96. The smallest absolute Gasteiger partial charge is 0.261 e. The summed E-state index contributed by atoms with van der Waals surface area (Å²) in [5, 5.41) is 2.80. The lowest BCUT2D eigenvalue weighted by molar-refractivity contribution is 0.0951. The van der Waals surface area contributed by atoms with Gasteiger partial charge in [-0.25, -0.2) is 17.8 Å². The van der Waals surface area contributed by atoms with Crippen LogP contribution in [0.2, 0.25) is 0 Å². The number of nitrogens with one attached hydrogen (secondary N) is 2. The summed E-state index contributed by atoms with van der Waals surface area (Å²) in [6, 6.07) is 23.3. The molecule has 9 heteroatoms. The van der Waals surface area contributed by atoms with E-state index in [1.165, 1.54) is 24.3 Å². The normalized spacial score (nSPS) is 11.0. The van der Waals surface area contributed by atoms with Crippen LogP contribution in [0, 0.1) is 5.82 Å². The molecule has 0 fully saturated rings. The molecule has 4 aromatic rings. The van der Waals surface area contributed by atoms with E-state index in [4.69, 9.17) is 4.74 Å². The number of ether oxygens (including phenoxy) is 1. The number of carbonyl (C=O) groups excluding carboxylic acids is 1. The first-order valence-corrected chi connectivity index (χ1v) is 11.7. The Kier molecular flexibility index (Phi) is 6.84. The van der Waals surface area contributed by atoms with Crippen molar-refractivity contribution in [2.24, 2.45) is 0 Å². The molecule has 34 heavy (non-hydrogen) atoms. The summed E-state index contributed by atoms with van der Waals surface area (Å²) in [5.74, 6) is -0.00579. The highest BCUT2D eigenvalue weighted by atomic mass is 32.2. The number of benzene rings is 3. The maximum absolute atomic E-state index is 13.4. The number of hydrogen-bond acceptors (Lipinski definition) is 5. The van der Waals surface area contributed by atoms with Crippen LogP contribution in [0.4, 0.5) is 10.1 Å². The minimum Gasteiger partial charge on any atom is -0.439 e. The van der Waals surface area contributed by atoms with Gasteiger partial charge in [-0.05, 0) is 60.2 Å². The van der Waals surface area contributed by atoms with Gasteiger partial charge in [-0.15, -0.1) is 0 Å². The van der Waals surface area contributed by atoms with Gasteiger partial charge in [0, 0.05) is 30.1 Å². The third-order valence-corrected chi connectivity index (χ3v) is 6.07. The fraction of sp³-hybridized carbons (Fsp3) is 0.0400. The SMILES string of the molecule is O=C(NCc1cccc(Oc2ccccn2)c1)c1cccc(NS(=O)(=O)c2cccc(F)c2)c1. The van der Waals surface area contributed by atoms with Gasteiger partial charge >= 0.3 is 0 Å². The molecule has 0 saturated heterocycles. The number of aromatic nitrogens is 1. The van der Waals surface area contributed by atoms with E-state index in [1.807, 2.05) is 18.2 Å². The van der Waals surface area contributed by atoms with Crippen molar-refractivity contribution in [3.8, 4) is 11.6 Å². The number of hydrogen-bond donors (Lipinski definition) is 2. The number of halogens is 1. The molecule has 2 N–H and O–H groups in total. The number of pyridine rings is 1. The molecule has 3 aromatic carbocycles. The van der Waals surface area contributed by atoms with E-state index in [-0.39, 0.29) is 28.6 Å². The second kappa shape index (κ2) is 10.1. The summed E-state index contributed by atoms with van der Waals surface area (Å²) in [5.41, 5.74) is 1.26. The zero-order chi connectivity index (χ0) is 24.0. The van der Waals surface area contributed by atoms with Crippen molar-refractivity contribution in [1.82, 2.24) is 10.3 Å². The van der Waals surface area contributed by atoms with Crippen molar-refractivity contribution >= 4 is 21.6 Å². The molecule has 0 aliphatic heterocycles. The van der Waals surface area contributed by atoms with Crippen molar-refractivity contribution in [1.29, 1.82) is 0 Å². The average molecular weight is 478 g/mol. The van der Waals surface area contributed by atoms with E-state index in [9.17, 15) is 17.6 Å². The van der Waals surface area contributed by atoms with Gasteiger partial charge in [0.05, 0.1) is 4.90 Å². The first-order valence-electron chi connectivity index (χ1n) is 10.2. The van der Waals surface area contributed by atoms with E-state index in [2.05, 4.69) is 15.0 Å². The molecule has 7 nitrogen and oxygen atoms in total. The Morgan fingerprint density at radius 1 is 0.912 bits per heavy atom. The molecule has 1 aromatic heterocycles. The van der Waals surface area contributed by atoms with Crippen LogP contribution in [0.3, 0.4) is 0 Å².